The van der Waals surface area contributed by atoms with E-state index in [1.807, 2.05) is 0 Å². The van der Waals surface area contributed by atoms with E-state index >= 15 is 0 Å². The smallest absolute Gasteiger partial charge is 0.305 e. The average molecular weight is 277 g/mol. The summed E-state index contributed by atoms with van der Waals surface area (Å²) in [4.78, 5) is 22.5. The lowest BCUT2D eigenvalue weighted by molar-refractivity contribution is -0.139. The summed E-state index contributed by atoms with van der Waals surface area (Å²) in [6.45, 7) is 0. The summed E-state index contributed by atoms with van der Waals surface area (Å²) in [7, 11) is -3.17. The second-order valence-corrected chi connectivity index (χ2v) is 7.25. The summed E-state index contributed by atoms with van der Waals surface area (Å²) in [5, 5.41) is 11.6. The number of carboxylic acids is 1. The fourth-order valence-electron chi connectivity index (χ4n) is 2.32. The van der Waals surface area contributed by atoms with Crippen LogP contribution in [0.3, 0.4) is 0 Å². The van der Waals surface area contributed by atoms with Crippen LogP contribution in [0.15, 0.2) is 0 Å². The minimum absolute atomic E-state index is 0.0996. The maximum Gasteiger partial charge on any atom is 0.305 e. The Morgan fingerprint density at radius 1 is 1.28 bits per heavy atom. The number of carboxylic acid groups (broad SMARTS) is 1. The zero-order valence-corrected chi connectivity index (χ0v) is 11.3. The van der Waals surface area contributed by atoms with E-state index in [1.54, 1.807) is 0 Å². The van der Waals surface area contributed by atoms with Crippen molar-refractivity contribution in [3.8, 4) is 0 Å². The highest BCUT2D eigenvalue weighted by Crippen LogP contribution is 2.32. The molecule has 7 heteroatoms. The Kier molecular flexibility index (Phi) is 4.72. The van der Waals surface area contributed by atoms with E-state index in [9.17, 15) is 18.0 Å². The summed E-state index contributed by atoms with van der Waals surface area (Å²) in [5.41, 5.74) is -0.680. The molecule has 0 bridgehead atoms. The SMILES string of the molecule is CS(=O)(=O)CCC(=O)NC1(CC(=O)O)CCCC1. The molecule has 0 radical (unpaired) electrons. The molecule has 104 valence electrons. The lowest BCUT2D eigenvalue weighted by atomic mass is 9.93. The second-order valence-electron chi connectivity index (χ2n) is 4.99. The molecule has 0 saturated heterocycles. The first kappa shape index (κ1) is 14.9. The number of amides is 1. The van der Waals surface area contributed by atoms with E-state index in [1.165, 1.54) is 0 Å². The van der Waals surface area contributed by atoms with Gasteiger partial charge in [0.25, 0.3) is 0 Å². The molecule has 0 aromatic heterocycles. The minimum Gasteiger partial charge on any atom is -0.481 e. The lowest BCUT2D eigenvalue weighted by Gasteiger charge is -2.28. The highest BCUT2D eigenvalue weighted by molar-refractivity contribution is 7.90. The predicted octanol–water partition coefficient (Wildman–Crippen LogP) is 0.325. The zero-order valence-electron chi connectivity index (χ0n) is 10.4. The van der Waals surface area contributed by atoms with E-state index in [0.717, 1.165) is 19.1 Å². The van der Waals surface area contributed by atoms with Crippen molar-refractivity contribution in [2.24, 2.45) is 0 Å². The van der Waals surface area contributed by atoms with Crippen LogP contribution in [0.4, 0.5) is 0 Å². The molecule has 1 saturated carbocycles. The van der Waals surface area contributed by atoms with Gasteiger partial charge in [-0.05, 0) is 12.8 Å². The van der Waals surface area contributed by atoms with Gasteiger partial charge in [0.15, 0.2) is 0 Å². The number of aliphatic carboxylic acids is 1. The molecule has 0 aromatic carbocycles. The predicted molar refractivity (Wildman–Crippen MR) is 65.9 cm³/mol. The molecule has 2 N–H and O–H groups in total. The molecule has 1 amide bonds. The van der Waals surface area contributed by atoms with Crippen LogP contribution < -0.4 is 5.32 Å². The van der Waals surface area contributed by atoms with Crippen molar-refractivity contribution in [3.63, 3.8) is 0 Å². The number of sulfone groups is 1. The molecule has 1 rings (SSSR count). The normalized spacial score (nSPS) is 18.5. The molecule has 6 nitrogen and oxygen atoms in total. The van der Waals surface area contributed by atoms with Crippen LogP contribution >= 0.6 is 0 Å². The fourth-order valence-corrected chi connectivity index (χ4v) is 2.88. The van der Waals surface area contributed by atoms with Crippen molar-refractivity contribution in [1.82, 2.24) is 5.32 Å². The van der Waals surface area contributed by atoms with Crippen LogP contribution in [0, 0.1) is 0 Å². The van der Waals surface area contributed by atoms with Gasteiger partial charge in [0.1, 0.15) is 9.84 Å². The molecule has 0 heterocycles. The van der Waals surface area contributed by atoms with Crippen LogP contribution in [-0.4, -0.2) is 42.9 Å². The number of carbonyl (C=O) groups is 2. The van der Waals surface area contributed by atoms with Gasteiger partial charge in [0.05, 0.1) is 17.7 Å². The van der Waals surface area contributed by atoms with Crippen molar-refractivity contribution in [1.29, 1.82) is 0 Å². The molecule has 0 unspecified atom stereocenters. The van der Waals surface area contributed by atoms with Crippen molar-refractivity contribution < 1.29 is 23.1 Å². The Morgan fingerprint density at radius 2 is 1.83 bits per heavy atom. The Morgan fingerprint density at radius 3 is 2.28 bits per heavy atom. The van der Waals surface area contributed by atoms with Crippen LogP contribution in [0.5, 0.6) is 0 Å². The van der Waals surface area contributed by atoms with Gasteiger partial charge < -0.3 is 10.4 Å². The maximum atomic E-state index is 11.7. The molecule has 0 spiro atoms. The van der Waals surface area contributed by atoms with Crippen LogP contribution in [0.25, 0.3) is 0 Å². The number of carbonyl (C=O) groups excluding carboxylic acids is 1. The summed E-state index contributed by atoms with van der Waals surface area (Å²) in [6.07, 6.45) is 3.92. The molecule has 0 aliphatic heterocycles. The van der Waals surface area contributed by atoms with Crippen LogP contribution in [0.1, 0.15) is 38.5 Å². The van der Waals surface area contributed by atoms with Crippen molar-refractivity contribution >= 4 is 21.7 Å². The third-order valence-electron chi connectivity index (χ3n) is 3.15. The van der Waals surface area contributed by atoms with Gasteiger partial charge in [-0.3, -0.25) is 9.59 Å². The van der Waals surface area contributed by atoms with Gasteiger partial charge in [-0.1, -0.05) is 12.8 Å². The Labute approximate surface area is 107 Å². The second kappa shape index (κ2) is 5.69. The monoisotopic (exact) mass is 277 g/mol. The topological polar surface area (TPSA) is 101 Å². The molecule has 1 fully saturated rings. The molecular formula is C11H19NO5S. The zero-order chi connectivity index (χ0) is 13.8. The molecular weight excluding hydrogens is 258 g/mol. The molecule has 0 atom stereocenters. The molecule has 1 aliphatic carbocycles. The third-order valence-corrected chi connectivity index (χ3v) is 4.10. The highest BCUT2D eigenvalue weighted by Gasteiger charge is 2.37. The summed E-state index contributed by atoms with van der Waals surface area (Å²) >= 11 is 0. The standard InChI is InChI=1S/C11H19NO5S/c1-18(16,17)7-4-9(13)12-11(8-10(14)15)5-2-3-6-11/h2-8H2,1H3,(H,12,13)(H,14,15). The van der Waals surface area contributed by atoms with Crippen molar-refractivity contribution in [2.45, 2.75) is 44.1 Å². The van der Waals surface area contributed by atoms with Gasteiger partial charge in [-0.15, -0.1) is 0 Å². The van der Waals surface area contributed by atoms with Gasteiger partial charge in [0, 0.05) is 12.7 Å². The number of hydrogen-bond donors (Lipinski definition) is 2. The summed E-state index contributed by atoms with van der Waals surface area (Å²) < 4.78 is 21.9. The van der Waals surface area contributed by atoms with Crippen LogP contribution in [0.2, 0.25) is 0 Å². The van der Waals surface area contributed by atoms with Gasteiger partial charge in [-0.2, -0.15) is 0 Å². The largest absolute Gasteiger partial charge is 0.481 e. The van der Waals surface area contributed by atoms with E-state index < -0.39 is 21.3 Å². The Bertz CT molecular complexity index is 423. The third kappa shape index (κ3) is 5.03. The molecule has 1 aliphatic rings. The molecule has 18 heavy (non-hydrogen) atoms. The van der Waals surface area contributed by atoms with Crippen molar-refractivity contribution in [3.05, 3.63) is 0 Å². The Balaban J connectivity index is 2.56. The van der Waals surface area contributed by atoms with Crippen molar-refractivity contribution in [2.75, 3.05) is 12.0 Å². The van der Waals surface area contributed by atoms with Gasteiger partial charge >= 0.3 is 5.97 Å². The van der Waals surface area contributed by atoms with Gasteiger partial charge in [0.2, 0.25) is 5.91 Å². The van der Waals surface area contributed by atoms with Crippen LogP contribution in [-0.2, 0) is 19.4 Å². The molecule has 0 aromatic rings. The first-order chi connectivity index (χ1) is 8.22. The highest BCUT2D eigenvalue weighted by atomic mass is 32.2. The lowest BCUT2D eigenvalue weighted by Crippen LogP contribution is -2.48. The average Bonchev–Trinajstić information content (AvgIpc) is 2.61. The maximum absolute atomic E-state index is 11.7. The minimum atomic E-state index is -3.17. The van der Waals surface area contributed by atoms with E-state index in [4.69, 9.17) is 5.11 Å². The summed E-state index contributed by atoms with van der Waals surface area (Å²) in [5.74, 6) is -1.54. The van der Waals surface area contributed by atoms with E-state index in [2.05, 4.69) is 5.32 Å². The summed E-state index contributed by atoms with van der Waals surface area (Å²) in [6, 6.07) is 0. The Hall–Kier alpha value is -1.11. The van der Waals surface area contributed by atoms with Gasteiger partial charge in [-0.25, -0.2) is 8.42 Å². The first-order valence-corrected chi connectivity index (χ1v) is 7.99. The number of nitrogens with one attached hydrogen (secondary N) is 1. The number of hydrogen-bond acceptors (Lipinski definition) is 4. The first-order valence-electron chi connectivity index (χ1n) is 5.93. The quantitative estimate of drug-likeness (QED) is 0.728. The number of rotatable bonds is 6. The van der Waals surface area contributed by atoms with E-state index in [-0.39, 0.29) is 24.5 Å². The fraction of sp³-hybridized carbons (Fsp3) is 0.818. The van der Waals surface area contributed by atoms with E-state index in [0.29, 0.717) is 12.8 Å².